The van der Waals surface area contributed by atoms with Crippen molar-refractivity contribution in [2.75, 3.05) is 25.5 Å². The van der Waals surface area contributed by atoms with E-state index in [4.69, 9.17) is 4.74 Å². The number of hydrogen-bond donors (Lipinski definition) is 1. The predicted molar refractivity (Wildman–Crippen MR) is 116 cm³/mol. The predicted octanol–water partition coefficient (Wildman–Crippen LogP) is 4.43. The van der Waals surface area contributed by atoms with E-state index in [-0.39, 0.29) is 11.9 Å². The molecular formula is C24H27N3O2. The standard InChI is InChI=1S/C24H27N3O2/c1-17-15-23(18(2)27(17)21-9-11-22(29-3)12-10-21)24(28)26-14-13-20(16-26)25-19-7-5-4-6-8-19/h4-12,15,20,25H,13-14,16H2,1-3H3. The fourth-order valence-electron chi connectivity index (χ4n) is 4.11. The number of amides is 1. The summed E-state index contributed by atoms with van der Waals surface area (Å²) in [4.78, 5) is 15.2. The summed E-state index contributed by atoms with van der Waals surface area (Å²) in [5, 5.41) is 3.53. The number of aromatic nitrogens is 1. The van der Waals surface area contributed by atoms with Gasteiger partial charge in [0, 0.05) is 41.9 Å². The Morgan fingerprint density at radius 2 is 1.79 bits per heavy atom. The highest BCUT2D eigenvalue weighted by molar-refractivity contribution is 5.96. The number of rotatable bonds is 5. The molecule has 0 aliphatic carbocycles. The van der Waals surface area contributed by atoms with Crippen LogP contribution in [0.4, 0.5) is 5.69 Å². The SMILES string of the molecule is COc1ccc(-n2c(C)cc(C(=O)N3CCC(Nc4ccccc4)C3)c2C)cc1. The van der Waals surface area contributed by atoms with Crippen LogP contribution < -0.4 is 10.1 Å². The lowest BCUT2D eigenvalue weighted by Gasteiger charge is -2.18. The second-order valence-corrected chi connectivity index (χ2v) is 7.57. The van der Waals surface area contributed by atoms with Gasteiger partial charge in [-0.3, -0.25) is 4.79 Å². The molecule has 1 aliphatic heterocycles. The van der Waals surface area contributed by atoms with Crippen molar-refractivity contribution in [2.24, 2.45) is 0 Å². The number of nitrogens with one attached hydrogen (secondary N) is 1. The number of hydrogen-bond acceptors (Lipinski definition) is 3. The van der Waals surface area contributed by atoms with Gasteiger partial charge >= 0.3 is 0 Å². The summed E-state index contributed by atoms with van der Waals surface area (Å²) < 4.78 is 7.38. The van der Waals surface area contributed by atoms with Crippen molar-refractivity contribution in [3.05, 3.63) is 77.6 Å². The molecule has 3 aromatic rings. The van der Waals surface area contributed by atoms with Crippen LogP contribution in [0.1, 0.15) is 28.2 Å². The molecule has 29 heavy (non-hydrogen) atoms. The van der Waals surface area contributed by atoms with Gasteiger partial charge in [0.1, 0.15) is 5.75 Å². The average Bonchev–Trinajstić information content (AvgIpc) is 3.32. The zero-order valence-corrected chi connectivity index (χ0v) is 17.2. The maximum atomic E-state index is 13.2. The number of benzene rings is 2. The quantitative estimate of drug-likeness (QED) is 0.702. The summed E-state index contributed by atoms with van der Waals surface area (Å²) in [5.74, 6) is 0.928. The van der Waals surface area contributed by atoms with Gasteiger partial charge in [0.15, 0.2) is 0 Å². The highest BCUT2D eigenvalue weighted by Gasteiger charge is 2.29. The molecule has 1 unspecified atom stereocenters. The molecule has 2 heterocycles. The number of para-hydroxylation sites is 1. The van der Waals surface area contributed by atoms with Gasteiger partial charge in [-0.1, -0.05) is 18.2 Å². The minimum Gasteiger partial charge on any atom is -0.497 e. The summed E-state index contributed by atoms with van der Waals surface area (Å²) in [6.45, 7) is 5.55. The van der Waals surface area contributed by atoms with Crippen molar-refractivity contribution in [2.45, 2.75) is 26.3 Å². The van der Waals surface area contributed by atoms with Crippen LogP contribution in [0.15, 0.2) is 60.7 Å². The van der Waals surface area contributed by atoms with Crippen molar-refractivity contribution in [3.63, 3.8) is 0 Å². The molecule has 5 nitrogen and oxygen atoms in total. The van der Waals surface area contributed by atoms with Gasteiger partial charge in [-0.25, -0.2) is 0 Å². The third kappa shape index (κ3) is 3.86. The molecule has 1 fully saturated rings. The lowest BCUT2D eigenvalue weighted by molar-refractivity contribution is 0.0791. The van der Waals surface area contributed by atoms with Crippen molar-refractivity contribution >= 4 is 11.6 Å². The Labute approximate surface area is 171 Å². The Balaban J connectivity index is 1.50. The number of ether oxygens (including phenoxy) is 1. The van der Waals surface area contributed by atoms with Gasteiger partial charge in [0.25, 0.3) is 5.91 Å². The molecule has 4 rings (SSSR count). The summed E-state index contributed by atoms with van der Waals surface area (Å²) >= 11 is 0. The van der Waals surface area contributed by atoms with Crippen LogP contribution in [0.2, 0.25) is 0 Å². The van der Waals surface area contributed by atoms with Crippen LogP contribution in [-0.4, -0.2) is 41.6 Å². The second-order valence-electron chi connectivity index (χ2n) is 7.57. The minimum absolute atomic E-state index is 0.107. The van der Waals surface area contributed by atoms with E-state index in [1.54, 1.807) is 7.11 Å². The molecule has 1 amide bonds. The van der Waals surface area contributed by atoms with Gasteiger partial charge in [-0.05, 0) is 62.7 Å². The smallest absolute Gasteiger partial charge is 0.255 e. The van der Waals surface area contributed by atoms with Gasteiger partial charge < -0.3 is 19.5 Å². The van der Waals surface area contributed by atoms with E-state index in [1.807, 2.05) is 67.3 Å². The second kappa shape index (κ2) is 8.03. The molecule has 1 saturated heterocycles. The highest BCUT2D eigenvalue weighted by atomic mass is 16.5. The van der Waals surface area contributed by atoms with Crippen LogP contribution in [0.25, 0.3) is 5.69 Å². The number of likely N-dealkylation sites (tertiary alicyclic amines) is 1. The number of anilines is 1. The Morgan fingerprint density at radius 3 is 2.48 bits per heavy atom. The fraction of sp³-hybridized carbons (Fsp3) is 0.292. The molecule has 0 saturated carbocycles. The number of carbonyl (C=O) groups is 1. The minimum atomic E-state index is 0.107. The number of carbonyl (C=O) groups excluding carboxylic acids is 1. The Morgan fingerprint density at radius 1 is 1.07 bits per heavy atom. The molecule has 5 heteroatoms. The number of methoxy groups -OCH3 is 1. The van der Waals surface area contributed by atoms with Gasteiger partial charge in [0.2, 0.25) is 0 Å². The zero-order valence-electron chi connectivity index (χ0n) is 17.2. The van der Waals surface area contributed by atoms with E-state index in [9.17, 15) is 4.79 Å². The molecule has 1 atom stereocenters. The lowest BCUT2D eigenvalue weighted by Crippen LogP contribution is -2.31. The maximum Gasteiger partial charge on any atom is 0.255 e. The molecule has 0 spiro atoms. The molecule has 0 radical (unpaired) electrons. The first-order valence-electron chi connectivity index (χ1n) is 10.0. The van der Waals surface area contributed by atoms with Crippen molar-refractivity contribution < 1.29 is 9.53 Å². The number of nitrogens with zero attached hydrogens (tertiary/aromatic N) is 2. The summed E-state index contributed by atoms with van der Waals surface area (Å²) in [7, 11) is 1.66. The van der Waals surface area contributed by atoms with E-state index >= 15 is 0 Å². The molecule has 1 aromatic heterocycles. The lowest BCUT2D eigenvalue weighted by atomic mass is 10.2. The van der Waals surface area contributed by atoms with E-state index < -0.39 is 0 Å². The van der Waals surface area contributed by atoms with Crippen LogP contribution in [0, 0.1) is 13.8 Å². The molecule has 1 N–H and O–H groups in total. The molecule has 0 bridgehead atoms. The Bertz CT molecular complexity index is 993. The van der Waals surface area contributed by atoms with Crippen molar-refractivity contribution in [1.29, 1.82) is 0 Å². The first kappa shape index (κ1) is 19.1. The van der Waals surface area contributed by atoms with E-state index in [2.05, 4.69) is 22.0 Å². The van der Waals surface area contributed by atoms with Gasteiger partial charge in [-0.15, -0.1) is 0 Å². The van der Waals surface area contributed by atoms with E-state index in [0.717, 1.165) is 53.6 Å². The highest BCUT2D eigenvalue weighted by Crippen LogP contribution is 2.25. The maximum absolute atomic E-state index is 13.2. The van der Waals surface area contributed by atoms with Crippen LogP contribution in [0.5, 0.6) is 5.75 Å². The fourth-order valence-corrected chi connectivity index (χ4v) is 4.11. The zero-order chi connectivity index (χ0) is 20.4. The molecule has 2 aromatic carbocycles. The summed E-state index contributed by atoms with van der Waals surface area (Å²) in [6.07, 6.45) is 0.956. The topological polar surface area (TPSA) is 46.5 Å². The van der Waals surface area contributed by atoms with Gasteiger partial charge in [-0.2, -0.15) is 0 Å². The summed E-state index contributed by atoms with van der Waals surface area (Å²) in [6, 6.07) is 20.4. The third-order valence-electron chi connectivity index (χ3n) is 5.61. The van der Waals surface area contributed by atoms with Crippen LogP contribution >= 0.6 is 0 Å². The molecule has 150 valence electrons. The van der Waals surface area contributed by atoms with Crippen LogP contribution in [-0.2, 0) is 0 Å². The summed E-state index contributed by atoms with van der Waals surface area (Å²) in [5.41, 5.74) is 4.93. The normalized spacial score (nSPS) is 16.1. The first-order chi connectivity index (χ1) is 14.1. The Hall–Kier alpha value is -3.21. The van der Waals surface area contributed by atoms with Crippen molar-refractivity contribution in [3.8, 4) is 11.4 Å². The van der Waals surface area contributed by atoms with E-state index in [1.165, 1.54) is 0 Å². The van der Waals surface area contributed by atoms with E-state index in [0.29, 0.717) is 0 Å². The van der Waals surface area contributed by atoms with Gasteiger partial charge in [0.05, 0.1) is 12.7 Å². The monoisotopic (exact) mass is 389 g/mol. The molecular weight excluding hydrogens is 362 g/mol. The number of aryl methyl sites for hydroxylation is 1. The third-order valence-corrected chi connectivity index (χ3v) is 5.61. The van der Waals surface area contributed by atoms with Crippen LogP contribution in [0.3, 0.4) is 0 Å². The van der Waals surface area contributed by atoms with Crippen molar-refractivity contribution in [1.82, 2.24) is 9.47 Å². The Kier molecular flexibility index (Phi) is 5.30. The largest absolute Gasteiger partial charge is 0.497 e. The first-order valence-corrected chi connectivity index (χ1v) is 10.0. The average molecular weight is 389 g/mol. The molecule has 1 aliphatic rings.